The van der Waals surface area contributed by atoms with E-state index in [4.69, 9.17) is 0 Å². The van der Waals surface area contributed by atoms with Crippen LogP contribution in [0.15, 0.2) is 103 Å². The van der Waals surface area contributed by atoms with Gasteiger partial charge in [0.15, 0.2) is 0 Å². The number of benzene rings is 4. The van der Waals surface area contributed by atoms with Crippen molar-refractivity contribution in [2.75, 3.05) is 24.2 Å². The monoisotopic (exact) mass is 660 g/mol. The minimum Gasteiger partial charge on any atom is -0.390 e. The van der Waals surface area contributed by atoms with Gasteiger partial charge >= 0.3 is 0 Å². The van der Waals surface area contributed by atoms with Gasteiger partial charge in [0.25, 0.3) is 11.8 Å². The Morgan fingerprint density at radius 3 is 1.89 bits per heavy atom. The lowest BCUT2D eigenvalue weighted by Crippen LogP contribution is -2.49. The molecule has 4 rings (SSSR count). The molecular weight excluding hydrogens is 619 g/mol. The number of carbonyl (C=O) groups excluding carboxylic acids is 2. The van der Waals surface area contributed by atoms with Crippen LogP contribution in [0.5, 0.6) is 0 Å². The Balaban J connectivity index is 1.59. The van der Waals surface area contributed by atoms with Crippen LogP contribution in [-0.2, 0) is 16.4 Å². The Labute approximate surface area is 275 Å². The Bertz CT molecular complexity index is 1760. The second kappa shape index (κ2) is 15.8. The number of amides is 2. The van der Waals surface area contributed by atoms with Crippen LogP contribution in [0.1, 0.15) is 63.3 Å². The highest BCUT2D eigenvalue weighted by Gasteiger charge is 2.25. The summed E-state index contributed by atoms with van der Waals surface area (Å²) in [5.41, 5.74) is 2.87. The first kappa shape index (κ1) is 35.3. The van der Waals surface area contributed by atoms with Crippen LogP contribution in [0.2, 0.25) is 0 Å². The Morgan fingerprint density at radius 2 is 1.32 bits per heavy atom. The summed E-state index contributed by atoms with van der Waals surface area (Å²) in [4.78, 5) is 27.2. The van der Waals surface area contributed by atoms with Gasteiger partial charge in [0.05, 0.1) is 30.1 Å². The topological polar surface area (TPSA) is 128 Å². The minimum absolute atomic E-state index is 0.0495. The number of nitrogens with one attached hydrogen (secondary N) is 3. The van der Waals surface area contributed by atoms with Gasteiger partial charge in [-0.2, -0.15) is 0 Å². The van der Waals surface area contributed by atoms with Gasteiger partial charge in [0.1, 0.15) is 5.82 Å². The smallest absolute Gasteiger partial charge is 0.251 e. The van der Waals surface area contributed by atoms with Crippen molar-refractivity contribution in [3.63, 3.8) is 0 Å². The number of sulfonamides is 1. The van der Waals surface area contributed by atoms with Crippen LogP contribution in [0, 0.1) is 5.82 Å². The summed E-state index contributed by atoms with van der Waals surface area (Å²) >= 11 is 0. The first-order valence-corrected chi connectivity index (χ1v) is 17.1. The molecule has 2 amide bonds. The first-order valence-electron chi connectivity index (χ1n) is 15.3. The van der Waals surface area contributed by atoms with E-state index in [1.165, 1.54) is 37.4 Å². The largest absolute Gasteiger partial charge is 0.390 e. The standard InChI is InChI=1S/C36H41FN4O5S/c1-24(28-15-17-31(37)18-16-28)38-23-34(42)33(19-26-11-7-5-8-12-26)40-36(44)30-20-29(21-32(22-30)41(3)47(4,45)46)35(43)39-25(2)27-13-9-6-10-14-27/h5-18,20-22,24-25,33-34,38,42H,19,23H2,1-4H3,(H,39,43)(H,40,44)/t24-,25-,33+,34-/m1/s1. The molecule has 248 valence electrons. The molecule has 0 saturated carbocycles. The van der Waals surface area contributed by atoms with Crippen LogP contribution in [0.3, 0.4) is 0 Å². The molecular formula is C36H41FN4O5S. The highest BCUT2D eigenvalue weighted by atomic mass is 32.2. The number of nitrogens with zero attached hydrogens (tertiary/aromatic N) is 1. The number of carbonyl (C=O) groups is 2. The summed E-state index contributed by atoms with van der Waals surface area (Å²) in [5, 5.41) is 20.4. The number of aliphatic hydroxyl groups is 1. The number of hydrogen-bond donors (Lipinski definition) is 4. The Kier molecular flexibility index (Phi) is 11.9. The van der Waals surface area contributed by atoms with Crippen LogP contribution >= 0.6 is 0 Å². The van der Waals surface area contributed by atoms with Crippen molar-refractivity contribution in [2.24, 2.45) is 0 Å². The zero-order valence-electron chi connectivity index (χ0n) is 26.9. The molecule has 0 spiro atoms. The van der Waals surface area contributed by atoms with Crippen LogP contribution < -0.4 is 20.3 Å². The van der Waals surface area contributed by atoms with E-state index in [-0.39, 0.29) is 41.3 Å². The molecule has 0 saturated heterocycles. The van der Waals surface area contributed by atoms with E-state index < -0.39 is 34.0 Å². The fourth-order valence-corrected chi connectivity index (χ4v) is 5.55. The maximum atomic E-state index is 13.8. The first-order chi connectivity index (χ1) is 22.3. The van der Waals surface area contributed by atoms with Crippen molar-refractivity contribution in [2.45, 2.75) is 44.5 Å². The maximum absolute atomic E-state index is 13.8. The van der Waals surface area contributed by atoms with Crippen molar-refractivity contribution in [3.05, 3.63) is 137 Å². The van der Waals surface area contributed by atoms with Crippen LogP contribution in [0.4, 0.5) is 10.1 Å². The second-order valence-corrected chi connectivity index (χ2v) is 13.6. The zero-order chi connectivity index (χ0) is 34.1. The fraction of sp³-hybridized carbons (Fsp3) is 0.278. The van der Waals surface area contributed by atoms with Crippen molar-refractivity contribution < 1.29 is 27.5 Å². The summed E-state index contributed by atoms with van der Waals surface area (Å²) in [6.07, 6.45) is 0.285. The highest BCUT2D eigenvalue weighted by molar-refractivity contribution is 7.92. The highest BCUT2D eigenvalue weighted by Crippen LogP contribution is 2.23. The summed E-state index contributed by atoms with van der Waals surface area (Å²) < 4.78 is 39.3. The molecule has 0 aliphatic heterocycles. The van der Waals surface area contributed by atoms with Gasteiger partial charge in [-0.25, -0.2) is 12.8 Å². The van der Waals surface area contributed by atoms with Crippen molar-refractivity contribution in [1.29, 1.82) is 0 Å². The van der Waals surface area contributed by atoms with Gasteiger partial charge in [-0.1, -0.05) is 72.8 Å². The molecule has 0 unspecified atom stereocenters. The Morgan fingerprint density at radius 1 is 0.787 bits per heavy atom. The Hall–Kier alpha value is -4.58. The average molecular weight is 661 g/mol. The van der Waals surface area contributed by atoms with Gasteiger partial charge in [-0.05, 0) is 67.3 Å². The van der Waals surface area contributed by atoms with Crippen molar-refractivity contribution >= 4 is 27.5 Å². The van der Waals surface area contributed by atoms with Gasteiger partial charge in [-0.15, -0.1) is 0 Å². The molecule has 0 aliphatic rings. The minimum atomic E-state index is -3.72. The molecule has 47 heavy (non-hydrogen) atoms. The van der Waals surface area contributed by atoms with E-state index in [0.29, 0.717) is 6.42 Å². The molecule has 0 heterocycles. The summed E-state index contributed by atoms with van der Waals surface area (Å²) in [5.74, 6) is -1.42. The molecule has 11 heteroatoms. The molecule has 4 N–H and O–H groups in total. The molecule has 4 atom stereocenters. The van der Waals surface area contributed by atoms with Crippen LogP contribution in [-0.4, -0.2) is 57.3 Å². The quantitative estimate of drug-likeness (QED) is 0.154. The molecule has 0 aliphatic carbocycles. The number of aliphatic hydroxyl groups excluding tert-OH is 1. The van der Waals surface area contributed by atoms with Crippen molar-refractivity contribution in [3.8, 4) is 0 Å². The number of halogens is 1. The van der Waals surface area contributed by atoms with E-state index in [2.05, 4.69) is 16.0 Å². The number of rotatable bonds is 14. The third kappa shape index (κ3) is 9.95. The normalized spacial score (nSPS) is 14.0. The molecule has 0 aromatic heterocycles. The second-order valence-electron chi connectivity index (χ2n) is 11.6. The van der Waals surface area contributed by atoms with E-state index >= 15 is 0 Å². The predicted octanol–water partition coefficient (Wildman–Crippen LogP) is 4.77. The molecule has 0 bridgehead atoms. The lowest BCUT2D eigenvalue weighted by molar-refractivity contribution is 0.0825. The molecule has 0 fully saturated rings. The third-order valence-corrected chi connectivity index (χ3v) is 9.24. The average Bonchev–Trinajstić information content (AvgIpc) is 3.06. The van der Waals surface area contributed by atoms with E-state index in [9.17, 15) is 27.5 Å². The third-order valence-electron chi connectivity index (χ3n) is 8.03. The molecule has 4 aromatic rings. The molecule has 4 aromatic carbocycles. The molecule has 9 nitrogen and oxygen atoms in total. The summed E-state index contributed by atoms with van der Waals surface area (Å²) in [7, 11) is -2.38. The van der Waals surface area contributed by atoms with Gasteiger partial charge in [0.2, 0.25) is 10.0 Å². The van der Waals surface area contributed by atoms with E-state index in [1.807, 2.05) is 74.5 Å². The van der Waals surface area contributed by atoms with Gasteiger partial charge in [-0.3, -0.25) is 13.9 Å². The predicted molar refractivity (Wildman–Crippen MR) is 182 cm³/mol. The molecule has 0 radical (unpaired) electrons. The number of hydrogen-bond acceptors (Lipinski definition) is 6. The van der Waals surface area contributed by atoms with Crippen LogP contribution in [0.25, 0.3) is 0 Å². The van der Waals surface area contributed by atoms with E-state index in [1.54, 1.807) is 12.1 Å². The van der Waals surface area contributed by atoms with Gasteiger partial charge < -0.3 is 21.1 Å². The number of anilines is 1. The van der Waals surface area contributed by atoms with E-state index in [0.717, 1.165) is 27.3 Å². The zero-order valence-corrected chi connectivity index (χ0v) is 27.7. The van der Waals surface area contributed by atoms with Crippen molar-refractivity contribution in [1.82, 2.24) is 16.0 Å². The lowest BCUT2D eigenvalue weighted by Gasteiger charge is -2.27. The summed E-state index contributed by atoms with van der Waals surface area (Å²) in [6.45, 7) is 3.83. The fourth-order valence-electron chi connectivity index (χ4n) is 5.06. The maximum Gasteiger partial charge on any atom is 0.251 e. The lowest BCUT2D eigenvalue weighted by atomic mass is 9.99. The summed E-state index contributed by atoms with van der Waals surface area (Å²) in [6, 6.07) is 27.7. The SMILES string of the molecule is C[C@@H](NC[C@@H](O)[C@H](Cc1ccccc1)NC(=O)c1cc(C(=O)N[C@H](C)c2ccccc2)cc(N(C)S(C)(=O)=O)c1)c1ccc(F)cc1. The van der Waals surface area contributed by atoms with Gasteiger partial charge in [0, 0.05) is 30.8 Å².